The van der Waals surface area contributed by atoms with Gasteiger partial charge in [-0.3, -0.25) is 0 Å². The van der Waals surface area contributed by atoms with E-state index in [1.807, 2.05) is 66.7 Å². The van der Waals surface area contributed by atoms with Gasteiger partial charge >= 0.3 is 0 Å². The standard InChI is InChI=1S/C21H13Cl2NO/c22-17-9-8-15(11-18(17)23)20-13-16(21-7-4-10-25-21)12-19(24-20)14-5-2-1-3-6-14/h1-13H. The summed E-state index contributed by atoms with van der Waals surface area (Å²) in [6.07, 6.45) is 1.66. The van der Waals surface area contributed by atoms with E-state index >= 15 is 0 Å². The molecule has 4 aromatic rings. The molecule has 2 aromatic heterocycles. The highest BCUT2D eigenvalue weighted by Gasteiger charge is 2.11. The summed E-state index contributed by atoms with van der Waals surface area (Å²) in [6.45, 7) is 0. The van der Waals surface area contributed by atoms with Gasteiger partial charge in [0.25, 0.3) is 0 Å². The second-order valence-electron chi connectivity index (χ2n) is 5.60. The molecule has 4 heteroatoms. The number of furan rings is 1. The fourth-order valence-electron chi connectivity index (χ4n) is 2.68. The van der Waals surface area contributed by atoms with Crippen LogP contribution in [0.3, 0.4) is 0 Å². The predicted molar refractivity (Wildman–Crippen MR) is 103 cm³/mol. The molecule has 4 rings (SSSR count). The van der Waals surface area contributed by atoms with E-state index in [1.165, 1.54) is 0 Å². The summed E-state index contributed by atoms with van der Waals surface area (Å²) in [5.41, 5.74) is 4.58. The molecule has 0 bridgehead atoms. The Morgan fingerprint density at radius 3 is 2.08 bits per heavy atom. The van der Waals surface area contributed by atoms with Crippen LogP contribution in [0.2, 0.25) is 10.0 Å². The molecule has 122 valence electrons. The molecule has 0 radical (unpaired) electrons. The Hall–Kier alpha value is -2.55. The first kappa shape index (κ1) is 15.9. The van der Waals surface area contributed by atoms with Gasteiger partial charge in [-0.2, -0.15) is 0 Å². The van der Waals surface area contributed by atoms with E-state index in [1.54, 1.807) is 12.3 Å². The Morgan fingerprint density at radius 2 is 1.40 bits per heavy atom. The van der Waals surface area contributed by atoms with Crippen LogP contribution < -0.4 is 0 Å². The first-order valence-electron chi connectivity index (χ1n) is 7.77. The topological polar surface area (TPSA) is 26.0 Å². The molecular formula is C21H13Cl2NO. The Balaban J connectivity index is 1.91. The fraction of sp³-hybridized carbons (Fsp3) is 0. The van der Waals surface area contributed by atoms with Crippen molar-refractivity contribution in [1.29, 1.82) is 0 Å². The van der Waals surface area contributed by atoms with E-state index in [9.17, 15) is 0 Å². The minimum Gasteiger partial charge on any atom is -0.464 e. The molecule has 0 N–H and O–H groups in total. The molecule has 0 atom stereocenters. The van der Waals surface area contributed by atoms with Crippen LogP contribution in [0.15, 0.2) is 83.5 Å². The largest absolute Gasteiger partial charge is 0.464 e. The Kier molecular flexibility index (Phi) is 4.31. The monoisotopic (exact) mass is 365 g/mol. The number of pyridine rings is 1. The molecule has 0 aliphatic rings. The van der Waals surface area contributed by atoms with Gasteiger partial charge < -0.3 is 4.42 Å². The number of aromatic nitrogens is 1. The molecule has 0 saturated heterocycles. The number of hydrogen-bond acceptors (Lipinski definition) is 2. The van der Waals surface area contributed by atoms with Crippen LogP contribution >= 0.6 is 23.2 Å². The smallest absolute Gasteiger partial charge is 0.134 e. The molecular weight excluding hydrogens is 353 g/mol. The molecule has 0 fully saturated rings. The average Bonchev–Trinajstić information content (AvgIpc) is 3.19. The van der Waals surface area contributed by atoms with Gasteiger partial charge in [0.05, 0.1) is 27.7 Å². The Morgan fingerprint density at radius 1 is 0.640 bits per heavy atom. The first-order chi connectivity index (χ1) is 12.2. The summed E-state index contributed by atoms with van der Waals surface area (Å²) >= 11 is 12.2. The Bertz CT molecular complexity index is 1010. The van der Waals surface area contributed by atoms with Crippen LogP contribution in [0.4, 0.5) is 0 Å². The fourth-order valence-corrected chi connectivity index (χ4v) is 2.97. The van der Waals surface area contributed by atoms with E-state index in [2.05, 4.69) is 0 Å². The molecule has 0 aliphatic carbocycles. The van der Waals surface area contributed by atoms with Crippen LogP contribution in [0.25, 0.3) is 33.8 Å². The van der Waals surface area contributed by atoms with Crippen molar-refractivity contribution in [3.8, 4) is 33.8 Å². The van der Waals surface area contributed by atoms with Gasteiger partial charge in [-0.1, -0.05) is 59.6 Å². The summed E-state index contributed by atoms with van der Waals surface area (Å²) in [7, 11) is 0. The molecule has 0 spiro atoms. The van der Waals surface area contributed by atoms with Gasteiger partial charge in [0.1, 0.15) is 5.76 Å². The van der Waals surface area contributed by atoms with Crippen molar-refractivity contribution in [1.82, 2.24) is 4.98 Å². The van der Waals surface area contributed by atoms with Crippen LogP contribution in [0, 0.1) is 0 Å². The van der Waals surface area contributed by atoms with Crippen molar-refractivity contribution in [2.24, 2.45) is 0 Å². The van der Waals surface area contributed by atoms with Crippen LogP contribution in [0.5, 0.6) is 0 Å². The minimum atomic E-state index is 0.505. The molecule has 2 aromatic carbocycles. The molecule has 2 nitrogen and oxygen atoms in total. The highest BCUT2D eigenvalue weighted by molar-refractivity contribution is 6.42. The molecule has 25 heavy (non-hydrogen) atoms. The third kappa shape index (κ3) is 3.32. The summed E-state index contributed by atoms with van der Waals surface area (Å²) < 4.78 is 5.57. The van der Waals surface area contributed by atoms with Crippen molar-refractivity contribution in [3.05, 3.63) is 89.1 Å². The zero-order chi connectivity index (χ0) is 17.2. The lowest BCUT2D eigenvalue weighted by atomic mass is 10.0. The highest BCUT2D eigenvalue weighted by Crippen LogP contribution is 2.32. The van der Waals surface area contributed by atoms with E-state index in [-0.39, 0.29) is 0 Å². The lowest BCUT2D eigenvalue weighted by molar-refractivity contribution is 0.582. The van der Waals surface area contributed by atoms with Crippen LogP contribution in [0.1, 0.15) is 0 Å². The molecule has 0 saturated carbocycles. The molecule has 0 amide bonds. The van der Waals surface area contributed by atoms with Gasteiger partial charge in [0.15, 0.2) is 0 Å². The number of benzene rings is 2. The highest BCUT2D eigenvalue weighted by atomic mass is 35.5. The van der Waals surface area contributed by atoms with E-state index < -0.39 is 0 Å². The van der Waals surface area contributed by atoms with Gasteiger partial charge in [-0.05, 0) is 36.4 Å². The second-order valence-corrected chi connectivity index (χ2v) is 6.41. The average molecular weight is 366 g/mol. The summed E-state index contributed by atoms with van der Waals surface area (Å²) in [5.74, 6) is 0.792. The van der Waals surface area contributed by atoms with Crippen LogP contribution in [-0.2, 0) is 0 Å². The van der Waals surface area contributed by atoms with Gasteiger partial charge in [-0.15, -0.1) is 0 Å². The van der Waals surface area contributed by atoms with E-state index in [0.29, 0.717) is 10.0 Å². The SMILES string of the molecule is Clc1ccc(-c2cc(-c3ccco3)cc(-c3ccccc3)n2)cc1Cl. The molecule has 0 aliphatic heterocycles. The number of nitrogens with zero attached hydrogens (tertiary/aromatic N) is 1. The lowest BCUT2D eigenvalue weighted by Crippen LogP contribution is -1.90. The summed E-state index contributed by atoms with van der Waals surface area (Å²) in [4.78, 5) is 4.81. The van der Waals surface area contributed by atoms with E-state index in [0.717, 1.165) is 33.8 Å². The maximum absolute atomic E-state index is 6.18. The van der Waals surface area contributed by atoms with E-state index in [4.69, 9.17) is 32.6 Å². The first-order valence-corrected chi connectivity index (χ1v) is 8.53. The van der Waals surface area contributed by atoms with Gasteiger partial charge in [0, 0.05) is 16.7 Å². The minimum absolute atomic E-state index is 0.505. The third-order valence-corrected chi connectivity index (χ3v) is 4.65. The van der Waals surface area contributed by atoms with Crippen molar-refractivity contribution < 1.29 is 4.42 Å². The summed E-state index contributed by atoms with van der Waals surface area (Å²) in [5, 5.41) is 1.03. The zero-order valence-electron chi connectivity index (χ0n) is 13.1. The van der Waals surface area contributed by atoms with Crippen molar-refractivity contribution in [3.63, 3.8) is 0 Å². The quantitative estimate of drug-likeness (QED) is 0.391. The molecule has 0 unspecified atom stereocenters. The van der Waals surface area contributed by atoms with Crippen molar-refractivity contribution >= 4 is 23.2 Å². The third-order valence-electron chi connectivity index (χ3n) is 3.92. The number of hydrogen-bond donors (Lipinski definition) is 0. The number of halogens is 2. The summed E-state index contributed by atoms with van der Waals surface area (Å²) in [6, 6.07) is 23.4. The zero-order valence-corrected chi connectivity index (χ0v) is 14.6. The van der Waals surface area contributed by atoms with Gasteiger partial charge in [-0.25, -0.2) is 4.98 Å². The number of rotatable bonds is 3. The van der Waals surface area contributed by atoms with Gasteiger partial charge in [0.2, 0.25) is 0 Å². The molecule has 2 heterocycles. The van der Waals surface area contributed by atoms with Crippen molar-refractivity contribution in [2.45, 2.75) is 0 Å². The lowest BCUT2D eigenvalue weighted by Gasteiger charge is -2.09. The normalized spacial score (nSPS) is 10.8. The Labute approximate surface area is 155 Å². The van der Waals surface area contributed by atoms with Crippen LogP contribution in [-0.4, -0.2) is 4.98 Å². The predicted octanol–water partition coefficient (Wildman–Crippen LogP) is 6.98. The van der Waals surface area contributed by atoms with Crippen molar-refractivity contribution in [2.75, 3.05) is 0 Å². The maximum atomic E-state index is 6.18. The second kappa shape index (κ2) is 6.75. The maximum Gasteiger partial charge on any atom is 0.134 e.